The molecule has 0 radical (unpaired) electrons. The zero-order valence-electron chi connectivity index (χ0n) is 17.2. The molecule has 9 nitrogen and oxygen atoms in total. The van der Waals surface area contributed by atoms with Crippen LogP contribution in [-0.4, -0.2) is 35.5 Å². The van der Waals surface area contributed by atoms with Crippen molar-refractivity contribution < 1.29 is 15.0 Å². The maximum Gasteiger partial charge on any atom is 0.257 e. The molecule has 0 heterocycles. The van der Waals surface area contributed by atoms with Crippen molar-refractivity contribution in [3.8, 4) is 11.5 Å². The minimum atomic E-state index is -0.206. The predicted molar refractivity (Wildman–Crippen MR) is 141 cm³/mol. The number of nitrogens with one attached hydrogen (secondary N) is 2. The van der Waals surface area contributed by atoms with Gasteiger partial charge < -0.3 is 10.2 Å². The summed E-state index contributed by atoms with van der Waals surface area (Å²) in [5.74, 6) is -0.263. The van der Waals surface area contributed by atoms with Gasteiger partial charge in [-0.3, -0.25) is 4.79 Å². The fourth-order valence-corrected chi connectivity index (χ4v) is 3.66. The van der Waals surface area contributed by atoms with Crippen LogP contribution in [0.5, 0.6) is 11.5 Å². The van der Waals surface area contributed by atoms with Gasteiger partial charge in [0.05, 0.1) is 18.6 Å². The van der Waals surface area contributed by atoms with Crippen LogP contribution in [0.4, 0.5) is 0 Å². The number of hydrogen-bond donors (Lipinski definition) is 3. The van der Waals surface area contributed by atoms with E-state index < -0.39 is 0 Å². The molecule has 0 saturated heterocycles. The zero-order chi connectivity index (χ0) is 24.5. The first-order valence-corrected chi connectivity index (χ1v) is 11.9. The summed E-state index contributed by atoms with van der Waals surface area (Å²) in [7, 11) is 0. The number of nitrogens with zero attached hydrogens (tertiary/aromatic N) is 4. The Kier molecular flexibility index (Phi) is 9.31. The zero-order valence-corrected chi connectivity index (χ0v) is 22.0. The van der Waals surface area contributed by atoms with E-state index in [-0.39, 0.29) is 29.7 Å². The van der Waals surface area contributed by atoms with Crippen molar-refractivity contribution in [3.05, 3.63) is 78.7 Å². The van der Waals surface area contributed by atoms with Crippen LogP contribution < -0.4 is 16.0 Å². The lowest BCUT2D eigenvalue weighted by Gasteiger charge is -2.09. The third-order valence-electron chi connectivity index (χ3n) is 4.16. The van der Waals surface area contributed by atoms with E-state index in [9.17, 15) is 15.0 Å². The van der Waals surface area contributed by atoms with Gasteiger partial charge >= 0.3 is 0 Å². The first kappa shape index (κ1) is 25.5. The molecule has 0 fully saturated rings. The van der Waals surface area contributed by atoms with Gasteiger partial charge in [0, 0.05) is 31.0 Å². The van der Waals surface area contributed by atoms with Crippen molar-refractivity contribution in [1.82, 2.24) is 10.9 Å². The highest BCUT2D eigenvalue weighted by molar-refractivity contribution is 9.12. The molecule has 0 spiro atoms. The molecule has 3 N–H and O–H groups in total. The van der Waals surface area contributed by atoms with Gasteiger partial charge in [0.1, 0.15) is 5.75 Å². The van der Waals surface area contributed by atoms with Crippen LogP contribution >= 0.6 is 47.8 Å². The number of phenolic OH excluding ortho intramolecular Hbond substituents is 1. The largest absolute Gasteiger partial charge is 0.872 e. The first-order valence-electron chi connectivity index (χ1n) is 9.56. The van der Waals surface area contributed by atoms with Gasteiger partial charge in [0.15, 0.2) is 5.78 Å². The molecule has 0 atom stereocenters. The normalized spacial score (nSPS) is 14.7. The average Bonchev–Trinajstić information content (AvgIpc) is 2.80. The highest BCUT2D eigenvalue weighted by atomic mass is 79.9. The molecule has 34 heavy (non-hydrogen) atoms. The summed E-state index contributed by atoms with van der Waals surface area (Å²) < 4.78 is 2.27. The molecule has 0 aromatic heterocycles. The Hall–Kier alpha value is -3.09. The second kappa shape index (κ2) is 12.4. The standard InChI is InChI=1S/C22H17Br3N6O3/c23-16-1-4-19(32)13(7-16)10-26-29-22(30-27-11-14-8-17(24)2-5-20(14)33)31-28-12-15-9-18(25)3-6-21(15)34/h1-5,7-12,32-33H,6H2,(H2,29,30,31)/p-1/b26-10+,27-11+,28-12?. The van der Waals surface area contributed by atoms with Gasteiger partial charge in [-0.2, -0.15) is 15.3 Å². The Bertz CT molecular complexity index is 1200. The van der Waals surface area contributed by atoms with E-state index in [4.69, 9.17) is 0 Å². The lowest BCUT2D eigenvalue weighted by atomic mass is 10.1. The van der Waals surface area contributed by atoms with E-state index in [0.717, 1.165) is 13.4 Å². The molecule has 0 bridgehead atoms. The quantitative estimate of drug-likeness (QED) is 0.246. The summed E-state index contributed by atoms with van der Waals surface area (Å²) in [5.41, 5.74) is 6.43. The van der Waals surface area contributed by atoms with Crippen molar-refractivity contribution in [2.45, 2.75) is 6.42 Å². The maximum atomic E-state index is 12.0. The SMILES string of the molecule is O=C1CC=C(Br)C=C1C=NN=C(N/N=C/c1cc(Br)ccc1[O-])N/N=C/c1cc(Br)ccc1O. The topological polar surface area (TPSA) is 134 Å². The number of phenols is 1. The Morgan fingerprint density at radius 2 is 1.62 bits per heavy atom. The molecule has 2 aromatic rings. The number of ketones is 1. The van der Waals surface area contributed by atoms with E-state index in [1.165, 1.54) is 30.8 Å². The average molecular weight is 652 g/mol. The van der Waals surface area contributed by atoms with Gasteiger partial charge in [0.25, 0.3) is 5.96 Å². The number of rotatable bonds is 6. The number of benzene rings is 2. The van der Waals surface area contributed by atoms with Crippen LogP contribution in [0, 0.1) is 0 Å². The highest BCUT2D eigenvalue weighted by Crippen LogP contribution is 2.20. The molecule has 0 aliphatic heterocycles. The lowest BCUT2D eigenvalue weighted by molar-refractivity contribution is -0.268. The highest BCUT2D eigenvalue weighted by Gasteiger charge is 2.11. The molecule has 1 aliphatic rings. The molecular formula is C22H16Br3N6O3-. The van der Waals surface area contributed by atoms with E-state index in [1.54, 1.807) is 36.4 Å². The van der Waals surface area contributed by atoms with Crippen LogP contribution in [-0.2, 0) is 4.79 Å². The van der Waals surface area contributed by atoms with Gasteiger partial charge in [-0.05, 0) is 42.0 Å². The number of halogens is 3. The summed E-state index contributed by atoms with van der Waals surface area (Å²) in [4.78, 5) is 12.0. The van der Waals surface area contributed by atoms with Gasteiger partial charge in [-0.1, -0.05) is 65.7 Å². The Morgan fingerprint density at radius 3 is 2.35 bits per heavy atom. The number of Topliss-reactive ketones (excluding diaryl/α,β-unsaturated/α-hetero) is 1. The first-order chi connectivity index (χ1) is 16.3. The summed E-state index contributed by atoms with van der Waals surface area (Å²) in [5, 5.41) is 37.8. The van der Waals surface area contributed by atoms with Crippen LogP contribution in [0.25, 0.3) is 0 Å². The molecule has 174 valence electrons. The summed E-state index contributed by atoms with van der Waals surface area (Å²) in [6.07, 6.45) is 7.68. The van der Waals surface area contributed by atoms with Crippen molar-refractivity contribution in [3.63, 3.8) is 0 Å². The van der Waals surface area contributed by atoms with Gasteiger partial charge in [0.2, 0.25) is 0 Å². The second-order valence-electron chi connectivity index (χ2n) is 6.63. The third kappa shape index (κ3) is 7.75. The van der Waals surface area contributed by atoms with Gasteiger partial charge in [-0.15, -0.1) is 5.10 Å². The number of guanidine groups is 1. The van der Waals surface area contributed by atoms with E-state index in [1.807, 2.05) is 0 Å². The molecular weight excluding hydrogens is 636 g/mol. The van der Waals surface area contributed by atoms with Crippen molar-refractivity contribution >= 4 is 78.2 Å². The van der Waals surface area contributed by atoms with Crippen LogP contribution in [0.15, 0.2) is 88.0 Å². The summed E-state index contributed by atoms with van der Waals surface area (Å²) >= 11 is 9.97. The Morgan fingerprint density at radius 1 is 0.971 bits per heavy atom. The number of carbonyl (C=O) groups excluding carboxylic acids is 1. The van der Waals surface area contributed by atoms with Crippen LogP contribution in [0.3, 0.4) is 0 Å². The third-order valence-corrected chi connectivity index (χ3v) is 5.70. The predicted octanol–water partition coefficient (Wildman–Crippen LogP) is 4.06. The van der Waals surface area contributed by atoms with Crippen molar-refractivity contribution in [2.24, 2.45) is 20.4 Å². The molecule has 2 aromatic carbocycles. The van der Waals surface area contributed by atoms with Crippen molar-refractivity contribution in [1.29, 1.82) is 0 Å². The summed E-state index contributed by atoms with van der Waals surface area (Å²) in [6.45, 7) is 0. The minimum Gasteiger partial charge on any atom is -0.872 e. The fraction of sp³-hybridized carbons (Fsp3) is 0.0455. The molecule has 12 heteroatoms. The Labute approximate surface area is 220 Å². The summed E-state index contributed by atoms with van der Waals surface area (Å²) in [6, 6.07) is 9.57. The molecule has 0 unspecified atom stereocenters. The Balaban J connectivity index is 1.78. The van der Waals surface area contributed by atoms with E-state index in [0.29, 0.717) is 16.7 Å². The number of hydrogen-bond acceptors (Lipinski definition) is 7. The minimum absolute atomic E-state index is 0.000788. The number of allylic oxidation sites excluding steroid dienone is 4. The lowest BCUT2D eigenvalue weighted by Crippen LogP contribution is -2.30. The number of hydrazone groups is 2. The van der Waals surface area contributed by atoms with E-state index in [2.05, 4.69) is 79.0 Å². The van der Waals surface area contributed by atoms with E-state index >= 15 is 0 Å². The second-order valence-corrected chi connectivity index (χ2v) is 9.38. The molecule has 3 rings (SSSR count). The number of carbonyl (C=O) groups is 1. The number of aromatic hydroxyl groups is 1. The molecule has 1 aliphatic carbocycles. The monoisotopic (exact) mass is 649 g/mol. The van der Waals surface area contributed by atoms with Crippen LogP contribution in [0.2, 0.25) is 0 Å². The van der Waals surface area contributed by atoms with Crippen LogP contribution in [0.1, 0.15) is 17.5 Å². The van der Waals surface area contributed by atoms with Crippen molar-refractivity contribution in [2.75, 3.05) is 0 Å². The molecule has 0 saturated carbocycles. The fourth-order valence-electron chi connectivity index (χ4n) is 2.50. The maximum absolute atomic E-state index is 12.0. The van der Waals surface area contributed by atoms with Gasteiger partial charge in [-0.25, -0.2) is 10.9 Å². The molecule has 0 amide bonds. The smallest absolute Gasteiger partial charge is 0.257 e.